The fourth-order valence-electron chi connectivity index (χ4n) is 3.54. The molecular weight excluding hydrogens is 208 g/mol. The van der Waals surface area contributed by atoms with Gasteiger partial charge < -0.3 is 5.32 Å². The van der Waals surface area contributed by atoms with E-state index in [2.05, 4.69) is 42.3 Å². The summed E-state index contributed by atoms with van der Waals surface area (Å²) >= 11 is 0. The highest BCUT2D eigenvalue weighted by Gasteiger charge is 2.34. The van der Waals surface area contributed by atoms with E-state index in [-0.39, 0.29) is 0 Å². The Labute approximate surface area is 104 Å². The van der Waals surface area contributed by atoms with Gasteiger partial charge in [0.25, 0.3) is 0 Å². The molecule has 1 heterocycles. The number of hydrogen-bond acceptors (Lipinski definition) is 2. The Morgan fingerprint density at radius 3 is 2.76 bits per heavy atom. The number of aryl methyl sites for hydroxylation is 1. The molecule has 1 aromatic carbocycles. The van der Waals surface area contributed by atoms with Crippen molar-refractivity contribution in [1.29, 1.82) is 0 Å². The number of benzene rings is 1. The molecule has 0 saturated carbocycles. The van der Waals surface area contributed by atoms with Crippen LogP contribution < -0.4 is 5.32 Å². The van der Waals surface area contributed by atoms with Gasteiger partial charge in [-0.05, 0) is 36.0 Å². The molecule has 1 N–H and O–H groups in total. The van der Waals surface area contributed by atoms with Gasteiger partial charge in [0, 0.05) is 32.2 Å². The van der Waals surface area contributed by atoms with E-state index < -0.39 is 0 Å². The molecule has 2 nitrogen and oxygen atoms in total. The number of nitrogens with one attached hydrogen (secondary N) is 1. The molecule has 2 atom stereocenters. The van der Waals surface area contributed by atoms with Crippen LogP contribution in [0.5, 0.6) is 0 Å². The van der Waals surface area contributed by atoms with Gasteiger partial charge in [0.05, 0.1) is 0 Å². The van der Waals surface area contributed by atoms with Crippen LogP contribution in [0.4, 0.5) is 0 Å². The first kappa shape index (κ1) is 11.2. The number of rotatable bonds is 1. The number of nitrogens with zero attached hydrogens (tertiary/aromatic N) is 1. The van der Waals surface area contributed by atoms with Crippen LogP contribution >= 0.6 is 0 Å². The standard InChI is InChI=1S/C15H22N2/c1-11-4-3-5-13-14(11)10-12(2)15(13)17-8-6-16-7-9-17/h3-5,12,15-16H,6-10H2,1-2H3. The minimum atomic E-state index is 0.659. The normalized spacial score (nSPS) is 29.3. The summed E-state index contributed by atoms with van der Waals surface area (Å²) in [5.41, 5.74) is 4.69. The SMILES string of the molecule is Cc1cccc2c1CC(C)C2N1CCNCC1. The van der Waals surface area contributed by atoms with Gasteiger partial charge in [-0.2, -0.15) is 0 Å². The van der Waals surface area contributed by atoms with Crippen LogP contribution in [-0.4, -0.2) is 31.1 Å². The van der Waals surface area contributed by atoms with Gasteiger partial charge in [-0.3, -0.25) is 4.90 Å². The molecule has 1 aliphatic carbocycles. The molecule has 2 aliphatic rings. The first-order valence-corrected chi connectivity index (χ1v) is 6.80. The monoisotopic (exact) mass is 230 g/mol. The summed E-state index contributed by atoms with van der Waals surface area (Å²) in [4.78, 5) is 2.67. The van der Waals surface area contributed by atoms with Crippen molar-refractivity contribution in [2.24, 2.45) is 5.92 Å². The fraction of sp³-hybridized carbons (Fsp3) is 0.600. The van der Waals surface area contributed by atoms with Crippen molar-refractivity contribution in [2.75, 3.05) is 26.2 Å². The smallest absolute Gasteiger partial charge is 0.0380 e. The van der Waals surface area contributed by atoms with E-state index in [1.165, 1.54) is 25.1 Å². The third-order valence-corrected chi connectivity index (χ3v) is 4.38. The summed E-state index contributed by atoms with van der Waals surface area (Å²) in [6.45, 7) is 9.34. The molecule has 0 aromatic heterocycles. The topological polar surface area (TPSA) is 15.3 Å². The lowest BCUT2D eigenvalue weighted by atomic mass is 10.00. The quantitative estimate of drug-likeness (QED) is 0.795. The van der Waals surface area contributed by atoms with Crippen molar-refractivity contribution in [2.45, 2.75) is 26.3 Å². The number of fused-ring (bicyclic) bond motifs is 1. The lowest BCUT2D eigenvalue weighted by Crippen LogP contribution is -2.45. The molecule has 92 valence electrons. The van der Waals surface area contributed by atoms with Crippen molar-refractivity contribution in [1.82, 2.24) is 10.2 Å². The van der Waals surface area contributed by atoms with Crippen molar-refractivity contribution in [3.63, 3.8) is 0 Å². The van der Waals surface area contributed by atoms with E-state index in [4.69, 9.17) is 0 Å². The Morgan fingerprint density at radius 2 is 2.00 bits per heavy atom. The number of piperazine rings is 1. The minimum absolute atomic E-state index is 0.659. The third-order valence-electron chi connectivity index (χ3n) is 4.38. The lowest BCUT2D eigenvalue weighted by Gasteiger charge is -2.35. The lowest BCUT2D eigenvalue weighted by molar-refractivity contribution is 0.141. The van der Waals surface area contributed by atoms with Gasteiger partial charge in [-0.15, -0.1) is 0 Å². The van der Waals surface area contributed by atoms with Gasteiger partial charge in [-0.25, -0.2) is 0 Å². The molecule has 0 spiro atoms. The predicted molar refractivity (Wildman–Crippen MR) is 71.2 cm³/mol. The van der Waals surface area contributed by atoms with Crippen LogP contribution in [0.3, 0.4) is 0 Å². The van der Waals surface area contributed by atoms with Crippen molar-refractivity contribution < 1.29 is 0 Å². The van der Waals surface area contributed by atoms with Crippen LogP contribution in [-0.2, 0) is 6.42 Å². The van der Waals surface area contributed by atoms with Crippen LogP contribution in [0, 0.1) is 12.8 Å². The van der Waals surface area contributed by atoms with Crippen LogP contribution in [0.2, 0.25) is 0 Å². The maximum absolute atomic E-state index is 3.45. The van der Waals surface area contributed by atoms with Gasteiger partial charge in [0.2, 0.25) is 0 Å². The van der Waals surface area contributed by atoms with Crippen LogP contribution in [0.1, 0.15) is 29.7 Å². The van der Waals surface area contributed by atoms with Crippen LogP contribution in [0.25, 0.3) is 0 Å². The molecular formula is C15H22N2. The Bertz CT molecular complexity index is 407. The van der Waals surface area contributed by atoms with Crippen molar-refractivity contribution in [3.05, 3.63) is 34.9 Å². The molecule has 2 heteroatoms. The van der Waals surface area contributed by atoms with E-state index in [9.17, 15) is 0 Å². The van der Waals surface area contributed by atoms with E-state index in [0.29, 0.717) is 6.04 Å². The molecule has 0 radical (unpaired) electrons. The molecule has 1 saturated heterocycles. The molecule has 1 aromatic rings. The van der Waals surface area contributed by atoms with E-state index >= 15 is 0 Å². The first-order chi connectivity index (χ1) is 8.27. The van der Waals surface area contributed by atoms with E-state index in [1.54, 1.807) is 11.1 Å². The molecule has 0 bridgehead atoms. The highest BCUT2D eigenvalue weighted by atomic mass is 15.2. The average molecular weight is 230 g/mol. The Hall–Kier alpha value is -0.860. The summed E-state index contributed by atoms with van der Waals surface area (Å²) in [6, 6.07) is 7.48. The van der Waals surface area contributed by atoms with Gasteiger partial charge >= 0.3 is 0 Å². The second-order valence-electron chi connectivity index (χ2n) is 5.55. The Kier molecular flexibility index (Phi) is 2.93. The molecule has 17 heavy (non-hydrogen) atoms. The van der Waals surface area contributed by atoms with Crippen molar-refractivity contribution in [3.8, 4) is 0 Å². The fourth-order valence-corrected chi connectivity index (χ4v) is 3.54. The molecule has 1 fully saturated rings. The second kappa shape index (κ2) is 4.43. The zero-order valence-electron chi connectivity index (χ0n) is 10.9. The predicted octanol–water partition coefficient (Wildman–Crippen LogP) is 2.13. The zero-order valence-corrected chi connectivity index (χ0v) is 10.9. The van der Waals surface area contributed by atoms with Crippen LogP contribution in [0.15, 0.2) is 18.2 Å². The van der Waals surface area contributed by atoms with E-state index in [1.807, 2.05) is 0 Å². The Morgan fingerprint density at radius 1 is 1.24 bits per heavy atom. The zero-order chi connectivity index (χ0) is 11.8. The summed E-state index contributed by atoms with van der Waals surface area (Å²) in [5, 5.41) is 3.45. The first-order valence-electron chi connectivity index (χ1n) is 6.80. The van der Waals surface area contributed by atoms with E-state index in [0.717, 1.165) is 19.0 Å². The summed E-state index contributed by atoms with van der Waals surface area (Å²) in [5.74, 6) is 0.768. The Balaban J connectivity index is 1.93. The third kappa shape index (κ3) is 1.90. The number of hydrogen-bond donors (Lipinski definition) is 1. The molecule has 1 aliphatic heterocycles. The minimum Gasteiger partial charge on any atom is -0.314 e. The summed E-state index contributed by atoms with van der Waals surface area (Å²) in [7, 11) is 0. The van der Waals surface area contributed by atoms with Gasteiger partial charge in [0.1, 0.15) is 0 Å². The highest BCUT2D eigenvalue weighted by Crippen LogP contribution is 2.41. The highest BCUT2D eigenvalue weighted by molar-refractivity contribution is 5.41. The largest absolute Gasteiger partial charge is 0.314 e. The summed E-state index contributed by atoms with van der Waals surface area (Å²) in [6.07, 6.45) is 1.26. The van der Waals surface area contributed by atoms with Gasteiger partial charge in [0.15, 0.2) is 0 Å². The van der Waals surface area contributed by atoms with Gasteiger partial charge in [-0.1, -0.05) is 25.1 Å². The summed E-state index contributed by atoms with van der Waals surface area (Å²) < 4.78 is 0. The average Bonchev–Trinajstić information content (AvgIpc) is 2.68. The molecule has 2 unspecified atom stereocenters. The second-order valence-corrected chi connectivity index (χ2v) is 5.55. The maximum atomic E-state index is 3.45. The molecule has 0 amide bonds. The molecule has 3 rings (SSSR count). The van der Waals surface area contributed by atoms with Crippen molar-refractivity contribution >= 4 is 0 Å². The maximum Gasteiger partial charge on any atom is 0.0380 e.